The molecule has 0 radical (unpaired) electrons. The van der Waals surface area contributed by atoms with E-state index in [0.29, 0.717) is 5.41 Å². The second-order valence-electron chi connectivity index (χ2n) is 7.07. The fraction of sp³-hybridized carbons (Fsp3) is 0.684. The van der Waals surface area contributed by atoms with Crippen molar-refractivity contribution in [3.05, 3.63) is 35.4 Å². The van der Waals surface area contributed by atoms with Crippen LogP contribution >= 0.6 is 0 Å². The van der Waals surface area contributed by atoms with Crippen LogP contribution in [0.1, 0.15) is 77.3 Å². The van der Waals surface area contributed by atoms with Crippen LogP contribution in [0.15, 0.2) is 24.3 Å². The van der Waals surface area contributed by atoms with Gasteiger partial charge in [0.25, 0.3) is 0 Å². The maximum absolute atomic E-state index is 2.33. The van der Waals surface area contributed by atoms with Gasteiger partial charge in [-0.15, -0.1) is 0 Å². The van der Waals surface area contributed by atoms with Gasteiger partial charge in [-0.2, -0.15) is 0 Å². The van der Waals surface area contributed by atoms with Crippen molar-refractivity contribution in [3.8, 4) is 0 Å². The predicted molar refractivity (Wildman–Crippen MR) is 86.7 cm³/mol. The molecule has 0 saturated heterocycles. The minimum atomic E-state index is 0.390. The van der Waals surface area contributed by atoms with Gasteiger partial charge in [0.1, 0.15) is 0 Å². The predicted octanol–water partition coefficient (Wildman–Crippen LogP) is 6.18. The number of aryl methyl sites for hydroxylation is 1. The average molecular weight is 260 g/mol. The highest BCUT2D eigenvalue weighted by atomic mass is 14.2. The monoisotopic (exact) mass is 260 g/mol. The molecule has 0 spiro atoms. The highest BCUT2D eigenvalue weighted by Crippen LogP contribution is 2.21. The molecule has 0 N–H and O–H groups in total. The van der Waals surface area contributed by atoms with Crippen LogP contribution in [-0.2, 0) is 12.8 Å². The summed E-state index contributed by atoms with van der Waals surface area (Å²) in [5, 5.41) is 0. The third kappa shape index (κ3) is 8.08. The van der Waals surface area contributed by atoms with Crippen LogP contribution in [-0.4, -0.2) is 0 Å². The summed E-state index contributed by atoms with van der Waals surface area (Å²) in [6, 6.07) is 9.29. The fourth-order valence-electron chi connectivity index (χ4n) is 2.55. The summed E-state index contributed by atoms with van der Waals surface area (Å²) in [5.74, 6) is 0. The maximum atomic E-state index is 2.33. The molecule has 0 unspecified atom stereocenters. The van der Waals surface area contributed by atoms with E-state index in [1.54, 1.807) is 0 Å². The first-order valence-electron chi connectivity index (χ1n) is 8.09. The summed E-state index contributed by atoms with van der Waals surface area (Å²) in [4.78, 5) is 0. The van der Waals surface area contributed by atoms with Crippen molar-refractivity contribution in [1.82, 2.24) is 0 Å². The van der Waals surface area contributed by atoms with Crippen LogP contribution < -0.4 is 0 Å². The zero-order valence-corrected chi connectivity index (χ0v) is 13.5. The number of rotatable bonds is 8. The summed E-state index contributed by atoms with van der Waals surface area (Å²) in [7, 11) is 0. The van der Waals surface area contributed by atoms with E-state index in [1.165, 1.54) is 62.5 Å². The van der Waals surface area contributed by atoms with Gasteiger partial charge in [-0.05, 0) is 35.8 Å². The molecule has 0 aromatic heterocycles. The number of hydrogen-bond donors (Lipinski definition) is 0. The molecule has 108 valence electrons. The molecule has 0 aliphatic rings. The second kappa shape index (κ2) is 8.40. The van der Waals surface area contributed by atoms with Crippen molar-refractivity contribution in [2.45, 2.75) is 79.1 Å². The molecule has 0 aliphatic carbocycles. The van der Waals surface area contributed by atoms with E-state index >= 15 is 0 Å². The second-order valence-corrected chi connectivity index (χ2v) is 7.07. The Hall–Kier alpha value is -0.780. The first kappa shape index (κ1) is 16.3. The molecule has 0 atom stereocenters. The van der Waals surface area contributed by atoms with Crippen LogP contribution in [0.5, 0.6) is 0 Å². The van der Waals surface area contributed by atoms with Crippen LogP contribution in [0.3, 0.4) is 0 Å². The molecule has 0 heterocycles. The van der Waals surface area contributed by atoms with Crippen LogP contribution in [0.4, 0.5) is 0 Å². The lowest BCUT2D eigenvalue weighted by Crippen LogP contribution is -2.08. The summed E-state index contributed by atoms with van der Waals surface area (Å²) in [5.41, 5.74) is 3.37. The summed E-state index contributed by atoms with van der Waals surface area (Å²) in [6.07, 6.45) is 10.7. The standard InChI is InChI=1S/C19H32/c1-5-6-7-8-9-10-11-17-12-14-18(15-13-17)16-19(2,3)4/h12-15H,5-11,16H2,1-4H3. The third-order valence-corrected chi connectivity index (χ3v) is 3.58. The van der Waals surface area contributed by atoms with Crippen LogP contribution in [0.2, 0.25) is 0 Å². The van der Waals surface area contributed by atoms with Crippen molar-refractivity contribution in [2.75, 3.05) is 0 Å². The van der Waals surface area contributed by atoms with Crippen molar-refractivity contribution in [3.63, 3.8) is 0 Å². The average Bonchev–Trinajstić information content (AvgIpc) is 2.34. The lowest BCUT2D eigenvalue weighted by Gasteiger charge is -2.18. The van der Waals surface area contributed by atoms with Gasteiger partial charge in [-0.25, -0.2) is 0 Å². The lowest BCUT2D eigenvalue weighted by molar-refractivity contribution is 0.411. The Balaban J connectivity index is 2.25. The number of hydrogen-bond acceptors (Lipinski definition) is 0. The lowest BCUT2D eigenvalue weighted by atomic mass is 9.88. The Labute approximate surface area is 120 Å². The van der Waals surface area contributed by atoms with Gasteiger partial charge in [0.05, 0.1) is 0 Å². The molecule has 0 amide bonds. The van der Waals surface area contributed by atoms with Crippen molar-refractivity contribution in [1.29, 1.82) is 0 Å². The van der Waals surface area contributed by atoms with E-state index in [1.807, 2.05) is 0 Å². The Morgan fingerprint density at radius 2 is 1.26 bits per heavy atom. The first-order chi connectivity index (χ1) is 9.01. The molecule has 0 aliphatic heterocycles. The van der Waals surface area contributed by atoms with Gasteiger partial charge in [0.2, 0.25) is 0 Å². The zero-order chi connectivity index (χ0) is 14.1. The maximum Gasteiger partial charge on any atom is -0.0230 e. The highest BCUT2D eigenvalue weighted by Gasteiger charge is 2.10. The Morgan fingerprint density at radius 3 is 1.84 bits per heavy atom. The number of benzene rings is 1. The Morgan fingerprint density at radius 1 is 0.737 bits per heavy atom. The van der Waals surface area contributed by atoms with Gasteiger partial charge in [0, 0.05) is 0 Å². The van der Waals surface area contributed by atoms with E-state index in [0.717, 1.165) is 0 Å². The van der Waals surface area contributed by atoms with E-state index in [4.69, 9.17) is 0 Å². The minimum Gasteiger partial charge on any atom is -0.0654 e. The molecule has 1 aromatic carbocycles. The minimum absolute atomic E-state index is 0.390. The third-order valence-electron chi connectivity index (χ3n) is 3.58. The molecular formula is C19H32. The van der Waals surface area contributed by atoms with E-state index < -0.39 is 0 Å². The Bertz CT molecular complexity index is 326. The molecule has 19 heavy (non-hydrogen) atoms. The van der Waals surface area contributed by atoms with Crippen LogP contribution in [0.25, 0.3) is 0 Å². The van der Waals surface area contributed by atoms with Gasteiger partial charge >= 0.3 is 0 Å². The summed E-state index contributed by atoms with van der Waals surface area (Å²) in [6.45, 7) is 9.19. The molecule has 0 nitrogen and oxygen atoms in total. The first-order valence-corrected chi connectivity index (χ1v) is 8.09. The van der Waals surface area contributed by atoms with Gasteiger partial charge in [0.15, 0.2) is 0 Å². The van der Waals surface area contributed by atoms with Gasteiger partial charge in [-0.3, -0.25) is 0 Å². The quantitative estimate of drug-likeness (QED) is 0.490. The molecular weight excluding hydrogens is 228 g/mol. The largest absolute Gasteiger partial charge is 0.0654 e. The van der Waals surface area contributed by atoms with Gasteiger partial charge in [-0.1, -0.05) is 84.1 Å². The topological polar surface area (TPSA) is 0 Å². The summed E-state index contributed by atoms with van der Waals surface area (Å²) >= 11 is 0. The molecule has 0 fully saturated rings. The van der Waals surface area contributed by atoms with E-state index in [9.17, 15) is 0 Å². The normalized spacial score (nSPS) is 11.8. The zero-order valence-electron chi connectivity index (χ0n) is 13.5. The van der Waals surface area contributed by atoms with Gasteiger partial charge < -0.3 is 0 Å². The number of unbranched alkanes of at least 4 members (excludes halogenated alkanes) is 5. The van der Waals surface area contributed by atoms with E-state index in [2.05, 4.69) is 52.0 Å². The smallest absolute Gasteiger partial charge is 0.0230 e. The SMILES string of the molecule is CCCCCCCCc1ccc(CC(C)(C)C)cc1. The summed E-state index contributed by atoms with van der Waals surface area (Å²) < 4.78 is 0. The Kier molecular flexibility index (Phi) is 7.20. The molecule has 0 bridgehead atoms. The molecule has 1 rings (SSSR count). The van der Waals surface area contributed by atoms with Crippen molar-refractivity contribution >= 4 is 0 Å². The van der Waals surface area contributed by atoms with Crippen molar-refractivity contribution < 1.29 is 0 Å². The molecule has 1 aromatic rings. The fourth-order valence-corrected chi connectivity index (χ4v) is 2.55. The van der Waals surface area contributed by atoms with Crippen molar-refractivity contribution in [2.24, 2.45) is 5.41 Å². The highest BCUT2D eigenvalue weighted by molar-refractivity contribution is 5.23. The van der Waals surface area contributed by atoms with E-state index in [-0.39, 0.29) is 0 Å². The molecule has 0 saturated carbocycles. The van der Waals surface area contributed by atoms with Crippen LogP contribution in [0, 0.1) is 5.41 Å². The molecule has 0 heteroatoms.